The van der Waals surface area contributed by atoms with Crippen LogP contribution in [0.2, 0.25) is 0 Å². The molecular formula is C15H14I2N2O3. The number of furan rings is 1. The summed E-state index contributed by atoms with van der Waals surface area (Å²) in [7, 11) is 0. The highest BCUT2D eigenvalue weighted by Crippen LogP contribution is 2.29. The largest absolute Gasteiger partial charge is 0.489 e. The van der Waals surface area contributed by atoms with Crippen LogP contribution in [0.15, 0.2) is 40.0 Å². The van der Waals surface area contributed by atoms with Gasteiger partial charge in [0.2, 0.25) is 0 Å². The summed E-state index contributed by atoms with van der Waals surface area (Å²) in [5.74, 6) is 0.709. The quantitative estimate of drug-likeness (QED) is 0.365. The number of hydrazone groups is 1. The Kier molecular flexibility index (Phi) is 6.24. The molecule has 7 heteroatoms. The van der Waals surface area contributed by atoms with Crippen LogP contribution in [0.1, 0.15) is 30.0 Å². The van der Waals surface area contributed by atoms with Gasteiger partial charge in [-0.1, -0.05) is 0 Å². The zero-order chi connectivity index (χ0) is 16.1. The molecule has 0 saturated carbocycles. The maximum Gasteiger partial charge on any atom is 0.307 e. The highest BCUT2D eigenvalue weighted by atomic mass is 127. The van der Waals surface area contributed by atoms with Crippen LogP contribution in [0.25, 0.3) is 0 Å². The van der Waals surface area contributed by atoms with Crippen LogP contribution in [-0.2, 0) is 0 Å². The lowest BCUT2D eigenvalue weighted by atomic mass is 10.2. The molecule has 1 N–H and O–H groups in total. The van der Waals surface area contributed by atoms with Gasteiger partial charge in [0, 0.05) is 0 Å². The second kappa shape index (κ2) is 7.95. The molecule has 2 aromatic rings. The summed E-state index contributed by atoms with van der Waals surface area (Å²) in [6, 6.07) is 7.12. The lowest BCUT2D eigenvalue weighted by Crippen LogP contribution is -2.16. The molecular weight excluding hydrogens is 510 g/mol. The first-order valence-corrected chi connectivity index (χ1v) is 8.65. The highest BCUT2D eigenvalue weighted by Gasteiger charge is 2.10. The molecule has 0 bridgehead atoms. The maximum atomic E-state index is 11.7. The lowest BCUT2D eigenvalue weighted by Gasteiger charge is -2.14. The average molecular weight is 524 g/mol. The Bertz CT molecular complexity index is 659. The first-order valence-electron chi connectivity index (χ1n) is 6.50. The number of ether oxygens (including phenoxy) is 1. The number of nitrogens with one attached hydrogen (secondary N) is 1. The van der Waals surface area contributed by atoms with Crippen molar-refractivity contribution in [3.05, 3.63) is 49.0 Å². The molecule has 5 nitrogen and oxygen atoms in total. The van der Waals surface area contributed by atoms with Gasteiger partial charge in [-0.05, 0) is 88.9 Å². The Morgan fingerprint density at radius 3 is 2.59 bits per heavy atom. The van der Waals surface area contributed by atoms with Crippen LogP contribution >= 0.6 is 45.2 Å². The Morgan fingerprint density at radius 2 is 2.05 bits per heavy atom. The van der Waals surface area contributed by atoms with Crippen LogP contribution in [-0.4, -0.2) is 18.2 Å². The number of rotatable bonds is 5. The van der Waals surface area contributed by atoms with Crippen molar-refractivity contribution < 1.29 is 13.9 Å². The van der Waals surface area contributed by atoms with Crippen molar-refractivity contribution in [2.24, 2.45) is 5.10 Å². The first kappa shape index (κ1) is 17.3. The van der Waals surface area contributed by atoms with Gasteiger partial charge in [0.25, 0.3) is 0 Å². The van der Waals surface area contributed by atoms with Crippen LogP contribution in [0.4, 0.5) is 0 Å². The standard InChI is InChI=1S/C15H14I2N2O3/c1-9(2)22-14-11(16)6-10(7-12(14)17)8-18-19-15(20)13-4-3-5-21-13/h3-9H,1-2H3,(H,19,20). The molecule has 0 unspecified atom stereocenters. The highest BCUT2D eigenvalue weighted by molar-refractivity contribution is 14.1. The third-order valence-corrected chi connectivity index (χ3v) is 4.10. The predicted molar refractivity (Wildman–Crippen MR) is 101 cm³/mol. The third kappa shape index (κ3) is 4.70. The van der Waals surface area contributed by atoms with E-state index in [0.29, 0.717) is 0 Å². The monoisotopic (exact) mass is 524 g/mol. The summed E-state index contributed by atoms with van der Waals surface area (Å²) in [5.41, 5.74) is 3.30. The fraction of sp³-hybridized carbons (Fsp3) is 0.200. The summed E-state index contributed by atoms with van der Waals surface area (Å²) < 4.78 is 12.8. The summed E-state index contributed by atoms with van der Waals surface area (Å²) in [5, 5.41) is 3.94. The molecule has 1 heterocycles. The third-order valence-electron chi connectivity index (χ3n) is 2.50. The second-order valence-electron chi connectivity index (χ2n) is 4.66. The van der Waals surface area contributed by atoms with Crippen molar-refractivity contribution in [3.63, 3.8) is 0 Å². The smallest absolute Gasteiger partial charge is 0.307 e. The molecule has 0 aliphatic carbocycles. The van der Waals surface area contributed by atoms with Gasteiger partial charge in [-0.15, -0.1) is 0 Å². The number of hydrogen-bond acceptors (Lipinski definition) is 4. The van der Waals surface area contributed by atoms with Gasteiger partial charge in [0.05, 0.1) is 25.7 Å². The normalized spacial score (nSPS) is 11.1. The van der Waals surface area contributed by atoms with Gasteiger partial charge in [0.15, 0.2) is 5.76 Å². The van der Waals surface area contributed by atoms with Gasteiger partial charge in [-0.2, -0.15) is 5.10 Å². The van der Waals surface area contributed by atoms with Crippen LogP contribution < -0.4 is 10.2 Å². The molecule has 0 aliphatic rings. The zero-order valence-corrected chi connectivity index (χ0v) is 16.3. The van der Waals surface area contributed by atoms with E-state index in [1.54, 1.807) is 18.3 Å². The number of hydrogen-bond donors (Lipinski definition) is 1. The SMILES string of the molecule is CC(C)Oc1c(I)cc(C=NNC(=O)c2ccco2)cc1I. The number of nitrogens with zero attached hydrogens (tertiary/aromatic N) is 1. The minimum Gasteiger partial charge on any atom is -0.489 e. The first-order chi connectivity index (χ1) is 10.5. The van der Waals surface area contributed by atoms with E-state index in [1.807, 2.05) is 26.0 Å². The molecule has 0 aliphatic heterocycles. The van der Waals surface area contributed by atoms with Gasteiger partial charge < -0.3 is 9.15 Å². The second-order valence-corrected chi connectivity index (χ2v) is 6.98. The summed E-state index contributed by atoms with van der Waals surface area (Å²) in [4.78, 5) is 11.7. The van der Waals surface area contributed by atoms with E-state index in [1.165, 1.54) is 6.26 Å². The summed E-state index contributed by atoms with van der Waals surface area (Å²) in [6.07, 6.45) is 3.15. The Labute approximate surface area is 155 Å². The van der Waals surface area contributed by atoms with Crippen LogP contribution in [0.3, 0.4) is 0 Å². The van der Waals surface area contributed by atoms with Gasteiger partial charge >= 0.3 is 5.91 Å². The molecule has 0 radical (unpaired) electrons. The molecule has 1 aromatic heterocycles. The van der Waals surface area contributed by atoms with E-state index in [0.717, 1.165) is 18.5 Å². The Hall–Kier alpha value is -1.10. The van der Waals surface area contributed by atoms with E-state index in [4.69, 9.17) is 9.15 Å². The van der Waals surface area contributed by atoms with Gasteiger partial charge in [0.1, 0.15) is 5.75 Å². The van der Waals surface area contributed by atoms with Crippen LogP contribution in [0.5, 0.6) is 5.75 Å². The topological polar surface area (TPSA) is 63.8 Å². The van der Waals surface area contributed by atoms with E-state index >= 15 is 0 Å². The summed E-state index contributed by atoms with van der Waals surface area (Å²) >= 11 is 4.45. The van der Waals surface area contributed by atoms with Gasteiger partial charge in [-0.3, -0.25) is 4.79 Å². The molecule has 0 atom stereocenters. The predicted octanol–water partition coefficient (Wildman–Crippen LogP) is 4.04. The zero-order valence-electron chi connectivity index (χ0n) is 12.0. The van der Waals surface area contributed by atoms with Crippen molar-refractivity contribution in [1.29, 1.82) is 0 Å². The minimum absolute atomic E-state index is 0.120. The van der Waals surface area contributed by atoms with Gasteiger partial charge in [-0.25, -0.2) is 5.43 Å². The molecule has 0 saturated heterocycles. The molecule has 0 spiro atoms. The molecule has 1 amide bonds. The maximum absolute atomic E-state index is 11.7. The minimum atomic E-state index is -0.384. The van der Waals surface area contributed by atoms with E-state index in [9.17, 15) is 4.79 Å². The fourth-order valence-electron chi connectivity index (χ4n) is 1.63. The van der Waals surface area contributed by atoms with E-state index < -0.39 is 0 Å². The van der Waals surface area contributed by atoms with Crippen LogP contribution in [0, 0.1) is 7.14 Å². The number of carbonyl (C=O) groups excluding carboxylic acids is 1. The number of amides is 1. The lowest BCUT2D eigenvalue weighted by molar-refractivity contribution is 0.0927. The Balaban J connectivity index is 2.07. The molecule has 2 rings (SSSR count). The molecule has 1 aromatic carbocycles. The molecule has 116 valence electrons. The van der Waals surface area contributed by atoms with Crippen molar-refractivity contribution in [2.75, 3.05) is 0 Å². The molecule has 0 fully saturated rings. The average Bonchev–Trinajstić information content (AvgIpc) is 2.97. The number of halogens is 2. The fourth-order valence-corrected chi connectivity index (χ4v) is 3.70. The number of benzene rings is 1. The van der Waals surface area contributed by atoms with Crippen molar-refractivity contribution in [3.8, 4) is 5.75 Å². The van der Waals surface area contributed by atoms with Crippen molar-refractivity contribution >= 4 is 57.3 Å². The number of carbonyl (C=O) groups is 1. The van der Waals surface area contributed by atoms with E-state index in [2.05, 4.69) is 55.7 Å². The Morgan fingerprint density at radius 1 is 1.36 bits per heavy atom. The van der Waals surface area contributed by atoms with Crippen molar-refractivity contribution in [2.45, 2.75) is 20.0 Å². The molecule has 22 heavy (non-hydrogen) atoms. The van der Waals surface area contributed by atoms with Crippen molar-refractivity contribution in [1.82, 2.24) is 5.43 Å². The van der Waals surface area contributed by atoms with E-state index in [-0.39, 0.29) is 17.8 Å². The summed E-state index contributed by atoms with van der Waals surface area (Å²) in [6.45, 7) is 3.98.